The fourth-order valence-corrected chi connectivity index (χ4v) is 3.67. The summed E-state index contributed by atoms with van der Waals surface area (Å²) in [6, 6.07) is 5.75. The van der Waals surface area contributed by atoms with E-state index < -0.39 is 17.6 Å². The van der Waals surface area contributed by atoms with Gasteiger partial charge < -0.3 is 14.8 Å². The number of methoxy groups -OCH3 is 1. The lowest BCUT2D eigenvalue weighted by atomic mass is 9.88. The third-order valence-corrected chi connectivity index (χ3v) is 5.15. The summed E-state index contributed by atoms with van der Waals surface area (Å²) in [5.74, 6) is -1.94. The fourth-order valence-electron chi connectivity index (χ4n) is 3.67. The molecule has 3 aromatic rings. The van der Waals surface area contributed by atoms with Crippen LogP contribution in [-0.2, 0) is 4.79 Å². The summed E-state index contributed by atoms with van der Waals surface area (Å²) in [5, 5.41) is 9.70. The number of ether oxygens (including phenoxy) is 1. The van der Waals surface area contributed by atoms with Crippen LogP contribution < -0.4 is 4.74 Å². The van der Waals surface area contributed by atoms with Crippen LogP contribution in [0.4, 0.5) is 8.78 Å². The number of aliphatic carboxylic acids is 1. The fraction of sp³-hybridized carbons (Fsp3) is 0.238. The van der Waals surface area contributed by atoms with Crippen molar-refractivity contribution in [3.05, 3.63) is 53.9 Å². The molecule has 2 aromatic heterocycles. The first-order valence-corrected chi connectivity index (χ1v) is 8.91. The van der Waals surface area contributed by atoms with Crippen molar-refractivity contribution >= 4 is 22.6 Å². The van der Waals surface area contributed by atoms with Crippen molar-refractivity contribution in [1.82, 2.24) is 9.97 Å². The summed E-state index contributed by atoms with van der Waals surface area (Å²) in [6.07, 6.45) is 4.65. The van der Waals surface area contributed by atoms with Crippen molar-refractivity contribution in [1.29, 1.82) is 0 Å². The molecule has 144 valence electrons. The number of nitrogens with one attached hydrogen (secondary N) is 1. The van der Waals surface area contributed by atoms with Crippen molar-refractivity contribution in [2.24, 2.45) is 5.92 Å². The summed E-state index contributed by atoms with van der Waals surface area (Å²) in [7, 11) is 1.41. The van der Waals surface area contributed by atoms with E-state index in [2.05, 4.69) is 9.97 Å². The number of nitrogens with zero attached hydrogens (tertiary/aromatic N) is 1. The van der Waals surface area contributed by atoms with Gasteiger partial charge in [0.05, 0.1) is 19.2 Å². The maximum Gasteiger partial charge on any atom is 0.306 e. The minimum Gasteiger partial charge on any atom is -0.496 e. The third-order valence-electron chi connectivity index (χ3n) is 5.15. The Labute approximate surface area is 159 Å². The molecule has 0 aliphatic heterocycles. The number of hydrogen-bond donors (Lipinski definition) is 2. The highest BCUT2D eigenvalue weighted by molar-refractivity contribution is 5.97. The molecule has 0 saturated heterocycles. The number of fused-ring (bicyclic) bond motifs is 1. The summed E-state index contributed by atoms with van der Waals surface area (Å²) in [4.78, 5) is 18.5. The zero-order valence-electron chi connectivity index (χ0n) is 15.1. The molecule has 0 saturated carbocycles. The van der Waals surface area contributed by atoms with Gasteiger partial charge in [-0.25, -0.2) is 13.8 Å². The molecule has 5 nitrogen and oxygen atoms in total. The summed E-state index contributed by atoms with van der Waals surface area (Å²) < 4.78 is 33.5. The monoisotopic (exact) mass is 384 g/mol. The van der Waals surface area contributed by atoms with Crippen molar-refractivity contribution in [2.75, 3.05) is 7.11 Å². The molecule has 0 amide bonds. The minimum absolute atomic E-state index is 0.232. The second-order valence-electron chi connectivity index (χ2n) is 6.81. The average molecular weight is 384 g/mol. The van der Waals surface area contributed by atoms with Gasteiger partial charge in [0.15, 0.2) is 0 Å². The van der Waals surface area contributed by atoms with Crippen LogP contribution in [0.3, 0.4) is 0 Å². The van der Waals surface area contributed by atoms with Crippen LogP contribution in [0.2, 0.25) is 0 Å². The number of benzene rings is 1. The van der Waals surface area contributed by atoms with E-state index in [-0.39, 0.29) is 17.2 Å². The molecule has 1 aliphatic rings. The van der Waals surface area contributed by atoms with E-state index in [9.17, 15) is 13.6 Å². The lowest BCUT2D eigenvalue weighted by Crippen LogP contribution is -2.15. The van der Waals surface area contributed by atoms with Crippen LogP contribution in [0.1, 0.15) is 25.0 Å². The number of aromatic amines is 1. The number of H-pyrrole nitrogens is 1. The second kappa shape index (κ2) is 7.07. The lowest BCUT2D eigenvalue weighted by Gasteiger charge is -2.17. The van der Waals surface area contributed by atoms with E-state index >= 15 is 0 Å². The molecule has 2 N–H and O–H groups in total. The number of pyridine rings is 1. The topological polar surface area (TPSA) is 75.2 Å². The number of carbonyl (C=O) groups is 1. The summed E-state index contributed by atoms with van der Waals surface area (Å²) in [6.45, 7) is 0. The Hall–Kier alpha value is -3.22. The van der Waals surface area contributed by atoms with E-state index in [1.807, 2.05) is 6.08 Å². The quantitative estimate of drug-likeness (QED) is 0.679. The normalized spacial score (nSPS) is 16.8. The SMILES string of the molecule is COc1cc(F)ccc1-c1c(F)cnc2[nH]c(C3=CCC(C(=O)O)CC3)cc12. The molecule has 7 heteroatoms. The Bertz CT molecular complexity index is 1100. The van der Waals surface area contributed by atoms with Crippen molar-refractivity contribution in [3.63, 3.8) is 0 Å². The standard InChI is InChI=1S/C21H18F2N2O3/c1-28-18-8-13(22)6-7-14(18)19-15-9-17(25-20(15)24-10-16(19)23)11-2-4-12(5-3-11)21(26)27/h2,6-10,12H,3-5H2,1H3,(H,24,25)(H,26,27). The molecule has 0 bridgehead atoms. The second-order valence-corrected chi connectivity index (χ2v) is 6.81. The third kappa shape index (κ3) is 3.13. The smallest absolute Gasteiger partial charge is 0.306 e. The van der Waals surface area contributed by atoms with Gasteiger partial charge in [-0.1, -0.05) is 6.08 Å². The van der Waals surface area contributed by atoms with Gasteiger partial charge in [0, 0.05) is 28.3 Å². The van der Waals surface area contributed by atoms with Crippen LogP contribution in [-0.4, -0.2) is 28.2 Å². The van der Waals surface area contributed by atoms with E-state index in [4.69, 9.17) is 9.84 Å². The first-order chi connectivity index (χ1) is 13.5. The largest absolute Gasteiger partial charge is 0.496 e. The van der Waals surface area contributed by atoms with Gasteiger partial charge >= 0.3 is 5.97 Å². The highest BCUT2D eigenvalue weighted by atomic mass is 19.1. The first-order valence-electron chi connectivity index (χ1n) is 8.91. The summed E-state index contributed by atoms with van der Waals surface area (Å²) in [5.41, 5.74) is 2.97. The van der Waals surface area contributed by atoms with Crippen LogP contribution in [0.15, 0.2) is 36.5 Å². The van der Waals surface area contributed by atoms with Gasteiger partial charge in [-0.3, -0.25) is 4.79 Å². The van der Waals surface area contributed by atoms with Crippen LogP contribution >= 0.6 is 0 Å². The number of carboxylic acids is 1. The highest BCUT2D eigenvalue weighted by Gasteiger charge is 2.23. The molecule has 0 spiro atoms. The van der Waals surface area contributed by atoms with E-state index in [0.29, 0.717) is 35.9 Å². The molecule has 1 aromatic carbocycles. The minimum atomic E-state index is -0.790. The van der Waals surface area contributed by atoms with Crippen LogP contribution in [0, 0.1) is 17.6 Å². The van der Waals surface area contributed by atoms with Gasteiger partial charge in [0.25, 0.3) is 0 Å². The predicted octanol–water partition coefficient (Wildman–Crippen LogP) is 4.78. The Balaban J connectivity index is 1.82. The molecule has 1 atom stereocenters. The van der Waals surface area contributed by atoms with E-state index in [1.54, 1.807) is 6.07 Å². The lowest BCUT2D eigenvalue weighted by molar-refractivity contribution is -0.141. The molecule has 0 radical (unpaired) electrons. The average Bonchev–Trinajstić information content (AvgIpc) is 3.12. The van der Waals surface area contributed by atoms with Crippen LogP contribution in [0.25, 0.3) is 27.7 Å². The number of allylic oxidation sites excluding steroid dienone is 2. The maximum absolute atomic E-state index is 14.7. The number of aromatic nitrogens is 2. The molecule has 4 rings (SSSR count). The van der Waals surface area contributed by atoms with Gasteiger partial charge in [-0.15, -0.1) is 0 Å². The molecule has 0 fully saturated rings. The Morgan fingerprint density at radius 1 is 1.32 bits per heavy atom. The Morgan fingerprint density at radius 2 is 2.14 bits per heavy atom. The Morgan fingerprint density at radius 3 is 2.82 bits per heavy atom. The van der Waals surface area contributed by atoms with E-state index in [0.717, 1.165) is 17.5 Å². The molecule has 1 unspecified atom stereocenters. The highest BCUT2D eigenvalue weighted by Crippen LogP contribution is 2.39. The number of rotatable bonds is 4. The van der Waals surface area contributed by atoms with E-state index in [1.165, 1.54) is 25.3 Å². The Kier molecular flexibility index (Phi) is 4.58. The van der Waals surface area contributed by atoms with Crippen molar-refractivity contribution in [3.8, 4) is 16.9 Å². The van der Waals surface area contributed by atoms with Crippen LogP contribution in [0.5, 0.6) is 5.75 Å². The van der Waals surface area contributed by atoms with Gasteiger partial charge in [-0.05, 0) is 43.0 Å². The van der Waals surface area contributed by atoms with Gasteiger partial charge in [0.1, 0.15) is 23.0 Å². The number of halogens is 2. The van der Waals surface area contributed by atoms with Crippen molar-refractivity contribution in [2.45, 2.75) is 19.3 Å². The molecule has 2 heterocycles. The predicted molar refractivity (Wildman–Crippen MR) is 101 cm³/mol. The van der Waals surface area contributed by atoms with Gasteiger partial charge in [0.2, 0.25) is 0 Å². The molecular formula is C21H18F2N2O3. The summed E-state index contributed by atoms with van der Waals surface area (Å²) >= 11 is 0. The first kappa shape index (κ1) is 18.2. The maximum atomic E-state index is 14.7. The molecule has 28 heavy (non-hydrogen) atoms. The van der Waals surface area contributed by atoms with Crippen molar-refractivity contribution < 1.29 is 23.4 Å². The molecule has 1 aliphatic carbocycles. The number of hydrogen-bond acceptors (Lipinski definition) is 3. The number of carboxylic acid groups (broad SMARTS) is 1. The zero-order chi connectivity index (χ0) is 19.8. The zero-order valence-corrected chi connectivity index (χ0v) is 15.1. The van der Waals surface area contributed by atoms with Gasteiger partial charge in [-0.2, -0.15) is 0 Å². The molecular weight excluding hydrogens is 366 g/mol.